The molecule has 4 unspecified atom stereocenters. The molecule has 1 aromatic rings. The van der Waals surface area contributed by atoms with Gasteiger partial charge in [-0.3, -0.25) is 0 Å². The highest BCUT2D eigenvalue weighted by Gasteiger charge is 2.59. The van der Waals surface area contributed by atoms with E-state index >= 15 is 0 Å². The number of hydrogen-bond acceptors (Lipinski definition) is 2. The Labute approximate surface area is 139 Å². The predicted octanol–water partition coefficient (Wildman–Crippen LogP) is 3.74. The second-order valence-electron chi connectivity index (χ2n) is 7.58. The summed E-state index contributed by atoms with van der Waals surface area (Å²) in [6.45, 7) is 9.76. The highest BCUT2D eigenvalue weighted by molar-refractivity contribution is 5.92. The van der Waals surface area contributed by atoms with Crippen molar-refractivity contribution in [2.24, 2.45) is 22.1 Å². The zero-order chi connectivity index (χ0) is 16.6. The smallest absolute Gasteiger partial charge is 0.193 e. The molecule has 0 bridgehead atoms. The first kappa shape index (κ1) is 16.3. The van der Waals surface area contributed by atoms with Gasteiger partial charge in [0.1, 0.15) is 0 Å². The molecule has 126 valence electrons. The molecule has 3 rings (SSSR count). The number of ether oxygens (including phenoxy) is 1. The van der Waals surface area contributed by atoms with Crippen LogP contribution in [0.4, 0.5) is 5.69 Å². The van der Waals surface area contributed by atoms with Crippen LogP contribution in [0.1, 0.15) is 52.0 Å². The largest absolute Gasteiger partial charge is 0.377 e. The van der Waals surface area contributed by atoms with Crippen LogP contribution in [0.5, 0.6) is 0 Å². The number of hydrogen-bond donors (Lipinski definition) is 2. The van der Waals surface area contributed by atoms with Crippen molar-refractivity contribution in [2.45, 2.75) is 58.6 Å². The van der Waals surface area contributed by atoms with Crippen LogP contribution >= 0.6 is 0 Å². The van der Waals surface area contributed by atoms with Gasteiger partial charge in [-0.2, -0.15) is 0 Å². The number of nitrogens with zero attached hydrogens (tertiary/aromatic N) is 1. The van der Waals surface area contributed by atoms with Crippen LogP contribution in [0.15, 0.2) is 29.3 Å². The molecule has 1 heterocycles. The van der Waals surface area contributed by atoms with Crippen LogP contribution < -0.4 is 11.1 Å². The maximum atomic E-state index is 6.14. The molecule has 1 aromatic carbocycles. The SMILES string of the molecule is CCC(C)c1ccc(NC(N)=NC2C3CCOC3C2(C)C)cc1. The minimum atomic E-state index is 0.0773. The van der Waals surface area contributed by atoms with Crippen molar-refractivity contribution in [3.63, 3.8) is 0 Å². The molecule has 0 spiro atoms. The minimum Gasteiger partial charge on any atom is -0.377 e. The fraction of sp³-hybridized carbons (Fsp3) is 0.632. The molecule has 2 aliphatic rings. The van der Waals surface area contributed by atoms with Gasteiger partial charge in [0.25, 0.3) is 0 Å². The van der Waals surface area contributed by atoms with Gasteiger partial charge in [-0.05, 0) is 36.5 Å². The molecule has 0 aromatic heterocycles. The van der Waals surface area contributed by atoms with E-state index in [2.05, 4.69) is 57.3 Å². The van der Waals surface area contributed by atoms with Crippen LogP contribution in [0, 0.1) is 11.3 Å². The fourth-order valence-corrected chi connectivity index (χ4v) is 4.02. The molecular weight excluding hydrogens is 286 g/mol. The lowest BCUT2D eigenvalue weighted by atomic mass is 9.57. The first-order valence-corrected chi connectivity index (χ1v) is 8.75. The molecular formula is C19H29N3O. The standard InChI is InChI=1S/C19H29N3O/c1-5-12(2)13-6-8-14(9-7-13)21-18(20)22-16-15-10-11-23-17(15)19(16,3)4/h6-9,12,15-17H,5,10-11H2,1-4H3,(H3,20,21,22). The molecule has 1 saturated carbocycles. The first-order chi connectivity index (χ1) is 10.9. The lowest BCUT2D eigenvalue weighted by Crippen LogP contribution is -2.59. The third kappa shape index (κ3) is 2.97. The average molecular weight is 315 g/mol. The maximum Gasteiger partial charge on any atom is 0.193 e. The Balaban J connectivity index is 1.66. The Morgan fingerprint density at radius 3 is 2.74 bits per heavy atom. The van der Waals surface area contributed by atoms with Crippen molar-refractivity contribution in [3.05, 3.63) is 29.8 Å². The molecule has 4 heteroatoms. The van der Waals surface area contributed by atoms with E-state index in [9.17, 15) is 0 Å². The Morgan fingerprint density at radius 1 is 1.39 bits per heavy atom. The number of rotatable bonds is 4. The van der Waals surface area contributed by atoms with Crippen molar-refractivity contribution in [2.75, 3.05) is 11.9 Å². The number of anilines is 1. The Kier molecular flexibility index (Phi) is 4.37. The van der Waals surface area contributed by atoms with Crippen LogP contribution in [0.25, 0.3) is 0 Å². The highest BCUT2D eigenvalue weighted by Crippen LogP contribution is 2.53. The lowest BCUT2D eigenvalue weighted by molar-refractivity contribution is -0.0985. The van der Waals surface area contributed by atoms with Crippen LogP contribution in [-0.4, -0.2) is 24.7 Å². The van der Waals surface area contributed by atoms with Gasteiger partial charge >= 0.3 is 0 Å². The third-order valence-electron chi connectivity index (χ3n) is 5.68. The second-order valence-corrected chi connectivity index (χ2v) is 7.58. The number of aliphatic imine (C=N–C) groups is 1. The summed E-state index contributed by atoms with van der Waals surface area (Å²) in [4.78, 5) is 4.75. The molecule has 1 aliphatic heterocycles. The summed E-state index contributed by atoms with van der Waals surface area (Å²) < 4.78 is 5.81. The summed E-state index contributed by atoms with van der Waals surface area (Å²) in [5, 5.41) is 3.23. The Bertz CT molecular complexity index is 579. The monoisotopic (exact) mass is 315 g/mol. The van der Waals surface area contributed by atoms with Gasteiger partial charge in [0.2, 0.25) is 0 Å². The highest BCUT2D eigenvalue weighted by atomic mass is 16.5. The van der Waals surface area contributed by atoms with E-state index in [1.54, 1.807) is 0 Å². The second kappa shape index (κ2) is 6.16. The van der Waals surface area contributed by atoms with Crippen molar-refractivity contribution >= 4 is 11.6 Å². The summed E-state index contributed by atoms with van der Waals surface area (Å²) in [6, 6.07) is 8.74. The van der Waals surface area contributed by atoms with E-state index in [1.807, 2.05) is 0 Å². The number of benzene rings is 1. The number of nitrogens with one attached hydrogen (secondary N) is 1. The van der Waals surface area contributed by atoms with Crippen molar-refractivity contribution in [3.8, 4) is 0 Å². The molecule has 0 amide bonds. The first-order valence-electron chi connectivity index (χ1n) is 8.75. The van der Waals surface area contributed by atoms with Gasteiger partial charge in [-0.15, -0.1) is 0 Å². The Morgan fingerprint density at radius 2 is 2.09 bits per heavy atom. The number of nitrogens with two attached hydrogens (primary N) is 1. The summed E-state index contributed by atoms with van der Waals surface area (Å²) in [5.41, 5.74) is 8.58. The molecule has 4 nitrogen and oxygen atoms in total. The lowest BCUT2D eigenvalue weighted by Gasteiger charge is -2.52. The topological polar surface area (TPSA) is 59.6 Å². The maximum absolute atomic E-state index is 6.14. The van der Waals surface area contributed by atoms with Gasteiger partial charge in [-0.1, -0.05) is 39.8 Å². The van der Waals surface area contributed by atoms with Crippen LogP contribution in [0.3, 0.4) is 0 Å². The fourth-order valence-electron chi connectivity index (χ4n) is 4.02. The van der Waals surface area contributed by atoms with Gasteiger partial charge in [0.05, 0.1) is 12.1 Å². The Hall–Kier alpha value is -1.55. The minimum absolute atomic E-state index is 0.0773. The molecule has 1 aliphatic carbocycles. The third-order valence-corrected chi connectivity index (χ3v) is 5.68. The van der Waals surface area contributed by atoms with Gasteiger partial charge in [-0.25, -0.2) is 4.99 Å². The number of guanidine groups is 1. The van der Waals surface area contributed by atoms with Gasteiger partial charge < -0.3 is 15.8 Å². The summed E-state index contributed by atoms with van der Waals surface area (Å²) >= 11 is 0. The van der Waals surface area contributed by atoms with Crippen LogP contribution in [-0.2, 0) is 4.74 Å². The van der Waals surface area contributed by atoms with Crippen molar-refractivity contribution in [1.82, 2.24) is 0 Å². The summed E-state index contributed by atoms with van der Waals surface area (Å²) in [6.07, 6.45) is 2.59. The predicted molar refractivity (Wildman–Crippen MR) is 95.8 cm³/mol. The average Bonchev–Trinajstić information content (AvgIpc) is 3.00. The zero-order valence-corrected chi connectivity index (χ0v) is 14.7. The van der Waals surface area contributed by atoms with Gasteiger partial charge in [0, 0.05) is 23.6 Å². The quantitative estimate of drug-likeness (QED) is 0.657. The van der Waals surface area contributed by atoms with E-state index in [0.29, 0.717) is 23.9 Å². The molecule has 1 saturated heterocycles. The van der Waals surface area contributed by atoms with E-state index in [0.717, 1.165) is 25.1 Å². The van der Waals surface area contributed by atoms with Crippen LogP contribution in [0.2, 0.25) is 0 Å². The molecule has 3 N–H and O–H groups in total. The normalized spacial score (nSPS) is 30.4. The summed E-state index contributed by atoms with van der Waals surface area (Å²) in [5.74, 6) is 1.62. The molecule has 0 radical (unpaired) electrons. The molecule has 23 heavy (non-hydrogen) atoms. The number of fused-ring (bicyclic) bond motifs is 1. The van der Waals surface area contributed by atoms with Crippen molar-refractivity contribution < 1.29 is 4.74 Å². The summed E-state index contributed by atoms with van der Waals surface area (Å²) in [7, 11) is 0. The molecule has 2 fully saturated rings. The van der Waals surface area contributed by atoms with E-state index in [1.165, 1.54) is 5.56 Å². The van der Waals surface area contributed by atoms with E-state index < -0.39 is 0 Å². The zero-order valence-electron chi connectivity index (χ0n) is 14.7. The molecule has 4 atom stereocenters. The van der Waals surface area contributed by atoms with E-state index in [4.69, 9.17) is 15.5 Å². The van der Waals surface area contributed by atoms with Crippen molar-refractivity contribution in [1.29, 1.82) is 0 Å². The van der Waals surface area contributed by atoms with Gasteiger partial charge in [0.15, 0.2) is 5.96 Å². The van der Waals surface area contributed by atoms with E-state index in [-0.39, 0.29) is 11.5 Å².